The molecule has 1 aliphatic carbocycles. The minimum Gasteiger partial charge on any atom is -0.323 e. The molecule has 0 atom stereocenters. The zero-order valence-electron chi connectivity index (χ0n) is 11.7. The van der Waals surface area contributed by atoms with Crippen molar-refractivity contribution in [2.75, 3.05) is 11.1 Å². The number of para-hydroxylation sites is 1. The molecule has 1 fully saturated rings. The van der Waals surface area contributed by atoms with E-state index in [1.54, 1.807) is 11.8 Å². The number of carbonyl (C=O) groups is 1. The van der Waals surface area contributed by atoms with Crippen molar-refractivity contribution in [1.29, 1.82) is 0 Å². The zero-order valence-corrected chi connectivity index (χ0v) is 12.5. The monoisotopic (exact) mass is 290 g/mol. The maximum absolute atomic E-state index is 12.4. The first-order valence-corrected chi connectivity index (χ1v) is 8.07. The Morgan fingerprint density at radius 3 is 2.75 bits per heavy atom. The van der Waals surface area contributed by atoms with Crippen molar-refractivity contribution in [2.24, 2.45) is 5.73 Å². The van der Waals surface area contributed by atoms with Gasteiger partial charge < -0.3 is 11.1 Å². The predicted octanol–water partition coefficient (Wildman–Crippen LogP) is 3.56. The van der Waals surface area contributed by atoms with Gasteiger partial charge in [-0.25, -0.2) is 0 Å². The SMILES string of the molecule is C=CCSc1ccccc1NC(=O)C1(N)CCCCC1. The van der Waals surface area contributed by atoms with Crippen LogP contribution in [0.15, 0.2) is 41.8 Å². The zero-order chi connectivity index (χ0) is 14.4. The number of hydrogen-bond donors (Lipinski definition) is 2. The van der Waals surface area contributed by atoms with Gasteiger partial charge >= 0.3 is 0 Å². The quantitative estimate of drug-likeness (QED) is 0.644. The molecule has 0 heterocycles. The fraction of sp³-hybridized carbons (Fsp3) is 0.438. The summed E-state index contributed by atoms with van der Waals surface area (Å²) in [5.74, 6) is 0.768. The van der Waals surface area contributed by atoms with Gasteiger partial charge in [0.1, 0.15) is 0 Å². The van der Waals surface area contributed by atoms with Crippen LogP contribution in [0.1, 0.15) is 32.1 Å². The van der Waals surface area contributed by atoms with Crippen LogP contribution in [0.4, 0.5) is 5.69 Å². The predicted molar refractivity (Wildman–Crippen MR) is 86.0 cm³/mol. The molecule has 0 radical (unpaired) electrons. The van der Waals surface area contributed by atoms with Crippen LogP contribution in [0.25, 0.3) is 0 Å². The Hall–Kier alpha value is -1.26. The summed E-state index contributed by atoms with van der Waals surface area (Å²) in [6.07, 6.45) is 6.67. The van der Waals surface area contributed by atoms with Crippen molar-refractivity contribution in [3.8, 4) is 0 Å². The summed E-state index contributed by atoms with van der Waals surface area (Å²) in [6.45, 7) is 3.72. The van der Waals surface area contributed by atoms with E-state index in [4.69, 9.17) is 5.73 Å². The second-order valence-electron chi connectivity index (χ2n) is 5.27. The van der Waals surface area contributed by atoms with Gasteiger partial charge in [-0.2, -0.15) is 0 Å². The number of benzene rings is 1. The van der Waals surface area contributed by atoms with Crippen molar-refractivity contribution in [2.45, 2.75) is 42.5 Å². The average molecular weight is 290 g/mol. The van der Waals surface area contributed by atoms with Crippen LogP contribution < -0.4 is 11.1 Å². The summed E-state index contributed by atoms with van der Waals surface area (Å²) in [4.78, 5) is 13.5. The Labute approximate surface area is 125 Å². The fourth-order valence-electron chi connectivity index (χ4n) is 2.50. The molecule has 0 unspecified atom stereocenters. The van der Waals surface area contributed by atoms with E-state index in [9.17, 15) is 4.79 Å². The van der Waals surface area contributed by atoms with Crippen molar-refractivity contribution >= 4 is 23.4 Å². The Morgan fingerprint density at radius 2 is 2.05 bits per heavy atom. The van der Waals surface area contributed by atoms with Gasteiger partial charge in [0, 0.05) is 10.6 Å². The summed E-state index contributed by atoms with van der Waals surface area (Å²) in [6, 6.07) is 7.83. The highest BCUT2D eigenvalue weighted by Gasteiger charge is 2.35. The van der Waals surface area contributed by atoms with Crippen LogP contribution in [0.3, 0.4) is 0 Å². The highest BCUT2D eigenvalue weighted by molar-refractivity contribution is 7.99. The minimum atomic E-state index is -0.700. The molecular formula is C16H22N2OS. The van der Waals surface area contributed by atoms with Gasteiger partial charge in [-0.1, -0.05) is 37.5 Å². The van der Waals surface area contributed by atoms with E-state index in [1.807, 2.05) is 30.3 Å². The van der Waals surface area contributed by atoms with E-state index >= 15 is 0 Å². The van der Waals surface area contributed by atoms with Crippen LogP contribution >= 0.6 is 11.8 Å². The third-order valence-electron chi connectivity index (χ3n) is 3.69. The average Bonchev–Trinajstić information content (AvgIpc) is 2.47. The van der Waals surface area contributed by atoms with Gasteiger partial charge in [0.05, 0.1) is 11.2 Å². The van der Waals surface area contributed by atoms with Crippen molar-refractivity contribution in [3.63, 3.8) is 0 Å². The molecule has 4 heteroatoms. The highest BCUT2D eigenvalue weighted by Crippen LogP contribution is 2.30. The van der Waals surface area contributed by atoms with Crippen molar-refractivity contribution in [1.82, 2.24) is 0 Å². The first kappa shape index (κ1) is 15.1. The van der Waals surface area contributed by atoms with Crippen molar-refractivity contribution in [3.05, 3.63) is 36.9 Å². The molecule has 0 spiro atoms. The number of nitrogens with two attached hydrogens (primary N) is 1. The second-order valence-corrected chi connectivity index (χ2v) is 6.33. The van der Waals surface area contributed by atoms with E-state index in [0.717, 1.165) is 42.0 Å². The molecular weight excluding hydrogens is 268 g/mol. The van der Waals surface area contributed by atoms with Gasteiger partial charge in [0.25, 0.3) is 0 Å². The van der Waals surface area contributed by atoms with E-state index in [0.29, 0.717) is 0 Å². The Balaban J connectivity index is 2.08. The molecule has 1 aromatic carbocycles. The Kier molecular flexibility index (Phi) is 5.26. The molecule has 3 N–H and O–H groups in total. The standard InChI is InChI=1S/C16H22N2OS/c1-2-12-20-14-9-5-4-8-13(14)18-15(19)16(17)10-6-3-7-11-16/h2,4-5,8-9H,1,3,6-7,10-12,17H2,(H,18,19). The normalized spacial score (nSPS) is 17.4. The molecule has 1 aliphatic rings. The molecule has 0 aliphatic heterocycles. The van der Waals surface area contributed by atoms with Gasteiger partial charge in [-0.3, -0.25) is 4.79 Å². The maximum Gasteiger partial charge on any atom is 0.244 e. The smallest absolute Gasteiger partial charge is 0.244 e. The van der Waals surface area contributed by atoms with Crippen LogP contribution in [-0.4, -0.2) is 17.2 Å². The highest BCUT2D eigenvalue weighted by atomic mass is 32.2. The van der Waals surface area contributed by atoms with E-state index in [-0.39, 0.29) is 5.91 Å². The molecule has 0 bridgehead atoms. The summed E-state index contributed by atoms with van der Waals surface area (Å²) in [7, 11) is 0. The fourth-order valence-corrected chi connectivity index (χ4v) is 3.25. The molecule has 1 saturated carbocycles. The third kappa shape index (κ3) is 3.64. The Morgan fingerprint density at radius 1 is 1.35 bits per heavy atom. The summed E-state index contributed by atoms with van der Waals surface area (Å²) >= 11 is 1.66. The number of anilines is 1. The van der Waals surface area contributed by atoms with Gasteiger partial charge in [0.2, 0.25) is 5.91 Å². The third-order valence-corrected chi connectivity index (χ3v) is 4.76. The first-order valence-electron chi connectivity index (χ1n) is 7.09. The van der Waals surface area contributed by atoms with E-state index in [2.05, 4.69) is 11.9 Å². The van der Waals surface area contributed by atoms with E-state index in [1.165, 1.54) is 6.42 Å². The number of nitrogens with one attached hydrogen (secondary N) is 1. The minimum absolute atomic E-state index is 0.0520. The summed E-state index contributed by atoms with van der Waals surface area (Å²) in [5, 5.41) is 3.01. The summed E-state index contributed by atoms with van der Waals surface area (Å²) < 4.78 is 0. The van der Waals surface area contributed by atoms with Crippen LogP contribution in [0.5, 0.6) is 0 Å². The largest absolute Gasteiger partial charge is 0.323 e. The number of amides is 1. The van der Waals surface area contributed by atoms with Crippen LogP contribution in [-0.2, 0) is 4.79 Å². The molecule has 0 aromatic heterocycles. The van der Waals surface area contributed by atoms with Gasteiger partial charge in [0.15, 0.2) is 0 Å². The molecule has 0 saturated heterocycles. The lowest BCUT2D eigenvalue weighted by atomic mass is 9.82. The number of carbonyl (C=O) groups excluding carboxylic acids is 1. The molecule has 20 heavy (non-hydrogen) atoms. The number of hydrogen-bond acceptors (Lipinski definition) is 3. The number of rotatable bonds is 5. The van der Waals surface area contributed by atoms with Gasteiger partial charge in [-0.15, -0.1) is 18.3 Å². The molecule has 1 amide bonds. The lowest BCUT2D eigenvalue weighted by molar-refractivity contribution is -0.122. The second kappa shape index (κ2) is 6.95. The molecule has 108 valence electrons. The first-order chi connectivity index (χ1) is 9.65. The molecule has 2 rings (SSSR count). The molecule has 1 aromatic rings. The lowest BCUT2D eigenvalue weighted by Crippen LogP contribution is -2.52. The van der Waals surface area contributed by atoms with Crippen LogP contribution in [0.2, 0.25) is 0 Å². The maximum atomic E-state index is 12.4. The van der Waals surface area contributed by atoms with E-state index < -0.39 is 5.54 Å². The molecule has 3 nitrogen and oxygen atoms in total. The summed E-state index contributed by atoms with van der Waals surface area (Å²) in [5.41, 5.74) is 6.41. The lowest BCUT2D eigenvalue weighted by Gasteiger charge is -2.32. The Bertz CT molecular complexity index is 481. The topological polar surface area (TPSA) is 55.1 Å². The van der Waals surface area contributed by atoms with Crippen molar-refractivity contribution < 1.29 is 4.79 Å². The van der Waals surface area contributed by atoms with Crippen LogP contribution in [0, 0.1) is 0 Å². The van der Waals surface area contributed by atoms with Gasteiger partial charge in [-0.05, 0) is 25.0 Å². The number of thioether (sulfide) groups is 1.